The van der Waals surface area contributed by atoms with Gasteiger partial charge in [0.2, 0.25) is 0 Å². The average Bonchev–Trinajstić information content (AvgIpc) is 2.47. The molecule has 0 fully saturated rings. The SMILES string of the molecule is CC(C)(C)C1COC(CCC(=O)O)=N1. The van der Waals surface area contributed by atoms with E-state index in [1.54, 1.807) is 0 Å². The maximum atomic E-state index is 10.3. The highest BCUT2D eigenvalue weighted by Crippen LogP contribution is 2.26. The third kappa shape index (κ3) is 3.01. The van der Waals surface area contributed by atoms with E-state index in [0.717, 1.165) is 0 Å². The molecule has 0 aromatic rings. The predicted molar refractivity (Wildman–Crippen MR) is 53.5 cm³/mol. The van der Waals surface area contributed by atoms with Crippen molar-refractivity contribution in [2.24, 2.45) is 10.4 Å². The first-order valence-electron chi connectivity index (χ1n) is 4.81. The van der Waals surface area contributed by atoms with Crippen molar-refractivity contribution in [2.75, 3.05) is 6.61 Å². The van der Waals surface area contributed by atoms with Crippen molar-refractivity contribution in [3.63, 3.8) is 0 Å². The maximum absolute atomic E-state index is 10.3. The Morgan fingerprint density at radius 2 is 2.29 bits per heavy atom. The number of carbonyl (C=O) groups is 1. The maximum Gasteiger partial charge on any atom is 0.303 e. The monoisotopic (exact) mass is 199 g/mol. The molecule has 0 saturated heterocycles. The highest BCUT2D eigenvalue weighted by Gasteiger charge is 2.29. The van der Waals surface area contributed by atoms with E-state index in [1.165, 1.54) is 0 Å². The molecule has 0 aromatic carbocycles. The van der Waals surface area contributed by atoms with E-state index in [-0.39, 0.29) is 17.9 Å². The van der Waals surface area contributed by atoms with Crippen LogP contribution >= 0.6 is 0 Å². The van der Waals surface area contributed by atoms with E-state index < -0.39 is 5.97 Å². The fraction of sp³-hybridized carbons (Fsp3) is 0.800. The molecule has 1 unspecified atom stereocenters. The molecule has 0 saturated carbocycles. The molecule has 0 bridgehead atoms. The second-order valence-electron chi connectivity index (χ2n) is 4.61. The second kappa shape index (κ2) is 3.98. The molecule has 1 rings (SSSR count). The number of carboxylic acid groups (broad SMARTS) is 1. The molecule has 1 N–H and O–H groups in total. The van der Waals surface area contributed by atoms with Gasteiger partial charge in [0.05, 0.1) is 12.5 Å². The number of ether oxygens (including phenoxy) is 1. The molecule has 4 nitrogen and oxygen atoms in total. The Kier molecular flexibility index (Phi) is 3.13. The van der Waals surface area contributed by atoms with Crippen LogP contribution in [0.1, 0.15) is 33.6 Å². The molecule has 1 heterocycles. The van der Waals surface area contributed by atoms with Gasteiger partial charge in [-0.05, 0) is 5.41 Å². The molecule has 1 aliphatic rings. The Balaban J connectivity index is 2.46. The molecule has 4 heteroatoms. The Morgan fingerprint density at radius 1 is 1.64 bits per heavy atom. The van der Waals surface area contributed by atoms with Gasteiger partial charge in [0, 0.05) is 6.42 Å². The van der Waals surface area contributed by atoms with Gasteiger partial charge in [-0.15, -0.1) is 0 Å². The zero-order chi connectivity index (χ0) is 10.8. The minimum Gasteiger partial charge on any atom is -0.481 e. The number of rotatable bonds is 3. The zero-order valence-corrected chi connectivity index (χ0v) is 8.91. The van der Waals surface area contributed by atoms with Crippen LogP contribution in [0.25, 0.3) is 0 Å². The van der Waals surface area contributed by atoms with Gasteiger partial charge in [-0.1, -0.05) is 20.8 Å². The van der Waals surface area contributed by atoms with Gasteiger partial charge < -0.3 is 9.84 Å². The van der Waals surface area contributed by atoms with E-state index in [4.69, 9.17) is 9.84 Å². The molecular formula is C10H17NO3. The lowest BCUT2D eigenvalue weighted by molar-refractivity contribution is -0.136. The molecule has 0 amide bonds. The lowest BCUT2D eigenvalue weighted by Gasteiger charge is -2.21. The van der Waals surface area contributed by atoms with Gasteiger partial charge in [-0.2, -0.15) is 0 Å². The molecule has 14 heavy (non-hydrogen) atoms. The lowest BCUT2D eigenvalue weighted by atomic mass is 9.88. The summed E-state index contributed by atoms with van der Waals surface area (Å²) < 4.78 is 5.33. The van der Waals surface area contributed by atoms with E-state index >= 15 is 0 Å². The van der Waals surface area contributed by atoms with E-state index in [2.05, 4.69) is 25.8 Å². The minimum absolute atomic E-state index is 0.0883. The van der Waals surface area contributed by atoms with Gasteiger partial charge in [-0.3, -0.25) is 4.79 Å². The number of hydrogen-bond donors (Lipinski definition) is 1. The van der Waals surface area contributed by atoms with Crippen molar-refractivity contribution in [3.8, 4) is 0 Å². The topological polar surface area (TPSA) is 58.9 Å². The Bertz CT molecular complexity index is 253. The lowest BCUT2D eigenvalue weighted by Crippen LogP contribution is -2.25. The molecule has 80 valence electrons. The first-order chi connectivity index (χ1) is 6.39. The number of aliphatic carboxylic acids is 1. The summed E-state index contributed by atoms with van der Waals surface area (Å²) in [7, 11) is 0. The second-order valence-corrected chi connectivity index (χ2v) is 4.61. The van der Waals surface area contributed by atoms with Crippen molar-refractivity contribution in [1.82, 2.24) is 0 Å². The van der Waals surface area contributed by atoms with E-state index in [0.29, 0.717) is 18.9 Å². The third-order valence-electron chi connectivity index (χ3n) is 2.26. The highest BCUT2D eigenvalue weighted by atomic mass is 16.5. The minimum atomic E-state index is -0.810. The summed E-state index contributed by atoms with van der Waals surface area (Å²) in [6.07, 6.45) is 0.498. The quantitative estimate of drug-likeness (QED) is 0.752. The van der Waals surface area contributed by atoms with Crippen LogP contribution in [-0.2, 0) is 9.53 Å². The van der Waals surface area contributed by atoms with Gasteiger partial charge >= 0.3 is 5.97 Å². The zero-order valence-electron chi connectivity index (χ0n) is 8.91. The first-order valence-corrected chi connectivity index (χ1v) is 4.81. The molecule has 0 radical (unpaired) electrons. The summed E-state index contributed by atoms with van der Waals surface area (Å²) in [5, 5.41) is 8.49. The predicted octanol–water partition coefficient (Wildman–Crippen LogP) is 1.69. The Hall–Kier alpha value is -1.06. The average molecular weight is 199 g/mol. The van der Waals surface area contributed by atoms with Crippen LogP contribution in [-0.4, -0.2) is 29.6 Å². The first kappa shape index (κ1) is 11.0. The van der Waals surface area contributed by atoms with E-state index in [1.807, 2.05) is 0 Å². The Labute approximate surface area is 84.0 Å². The fourth-order valence-electron chi connectivity index (χ4n) is 1.22. The normalized spacial score (nSPS) is 21.6. The molecule has 1 atom stereocenters. The van der Waals surface area contributed by atoms with Crippen LogP contribution in [0.2, 0.25) is 0 Å². The molecule has 0 aromatic heterocycles. The van der Waals surface area contributed by atoms with Gasteiger partial charge in [-0.25, -0.2) is 4.99 Å². The van der Waals surface area contributed by atoms with Crippen LogP contribution in [0.3, 0.4) is 0 Å². The molecular weight excluding hydrogens is 182 g/mol. The van der Waals surface area contributed by atoms with Crippen LogP contribution in [0.4, 0.5) is 0 Å². The molecule has 0 aliphatic carbocycles. The highest BCUT2D eigenvalue weighted by molar-refractivity contribution is 5.81. The standard InChI is InChI=1S/C10H17NO3/c1-10(2,3)7-6-14-8(11-7)4-5-9(12)13/h7H,4-6H2,1-3H3,(H,12,13). The van der Waals surface area contributed by atoms with Crippen molar-refractivity contribution in [1.29, 1.82) is 0 Å². The number of nitrogens with zero attached hydrogens (tertiary/aromatic N) is 1. The van der Waals surface area contributed by atoms with Crippen molar-refractivity contribution >= 4 is 11.9 Å². The van der Waals surface area contributed by atoms with Crippen molar-refractivity contribution in [2.45, 2.75) is 39.7 Å². The summed E-state index contributed by atoms with van der Waals surface area (Å²) in [6, 6.07) is 0.159. The third-order valence-corrected chi connectivity index (χ3v) is 2.26. The molecule has 1 aliphatic heterocycles. The number of carboxylic acids is 1. The fourth-order valence-corrected chi connectivity index (χ4v) is 1.22. The summed E-state index contributed by atoms with van der Waals surface area (Å²) in [6.45, 7) is 6.89. The number of aliphatic imine (C=N–C) groups is 1. The van der Waals surface area contributed by atoms with E-state index in [9.17, 15) is 4.79 Å². The van der Waals surface area contributed by atoms with Gasteiger partial charge in [0.25, 0.3) is 0 Å². The summed E-state index contributed by atoms with van der Waals surface area (Å²) >= 11 is 0. The van der Waals surface area contributed by atoms with Gasteiger partial charge in [0.1, 0.15) is 6.61 Å². The van der Waals surface area contributed by atoms with Crippen molar-refractivity contribution in [3.05, 3.63) is 0 Å². The van der Waals surface area contributed by atoms with Crippen LogP contribution in [0.5, 0.6) is 0 Å². The van der Waals surface area contributed by atoms with Crippen LogP contribution in [0.15, 0.2) is 4.99 Å². The summed E-state index contributed by atoms with van der Waals surface area (Å²) in [5.74, 6) is -0.220. The van der Waals surface area contributed by atoms with Crippen molar-refractivity contribution < 1.29 is 14.6 Å². The summed E-state index contributed by atoms with van der Waals surface area (Å²) in [4.78, 5) is 14.7. The summed E-state index contributed by atoms with van der Waals surface area (Å²) in [5.41, 5.74) is 0.0883. The largest absolute Gasteiger partial charge is 0.481 e. The Morgan fingerprint density at radius 3 is 2.71 bits per heavy atom. The van der Waals surface area contributed by atoms with Gasteiger partial charge in [0.15, 0.2) is 5.90 Å². The molecule has 0 spiro atoms. The van der Waals surface area contributed by atoms with Crippen LogP contribution < -0.4 is 0 Å². The number of hydrogen-bond acceptors (Lipinski definition) is 3. The van der Waals surface area contributed by atoms with Crippen LogP contribution in [0, 0.1) is 5.41 Å². The smallest absolute Gasteiger partial charge is 0.303 e.